The van der Waals surface area contributed by atoms with Crippen molar-refractivity contribution in [3.05, 3.63) is 53.6 Å². The number of methoxy groups -OCH3 is 3. The monoisotopic (exact) mass is 391 g/mol. The number of aryl methyl sites for hydroxylation is 1. The summed E-state index contributed by atoms with van der Waals surface area (Å²) < 4.78 is 43.5. The van der Waals surface area contributed by atoms with E-state index in [2.05, 4.69) is 4.72 Å². The molecule has 2 aromatic carbocycles. The molecule has 0 aliphatic heterocycles. The lowest BCUT2D eigenvalue weighted by atomic mass is 10.1. The zero-order chi connectivity index (χ0) is 20.0. The second-order valence-corrected chi connectivity index (χ2v) is 7.75. The summed E-state index contributed by atoms with van der Waals surface area (Å²) in [6, 6.07) is 9.89. The van der Waals surface area contributed by atoms with E-state index in [1.807, 2.05) is 6.92 Å². The van der Waals surface area contributed by atoms with Crippen LogP contribution in [0.5, 0.6) is 17.2 Å². The highest BCUT2D eigenvalue weighted by Crippen LogP contribution is 2.38. The minimum Gasteiger partial charge on any atom is -0.493 e. The fraction of sp³-hybridized carbons (Fsp3) is 0.300. The molecule has 0 aromatic heterocycles. The van der Waals surface area contributed by atoms with Crippen LogP contribution in [0.4, 0.5) is 0 Å². The Kier molecular flexibility index (Phi) is 6.87. The van der Waals surface area contributed by atoms with Crippen molar-refractivity contribution in [1.82, 2.24) is 4.72 Å². The molecule has 146 valence electrons. The third-order valence-electron chi connectivity index (χ3n) is 3.94. The van der Waals surface area contributed by atoms with Crippen molar-refractivity contribution >= 4 is 16.1 Å². The number of rotatable bonds is 8. The van der Waals surface area contributed by atoms with Crippen LogP contribution in [0.1, 0.15) is 18.1 Å². The Balaban J connectivity index is 2.18. The van der Waals surface area contributed by atoms with Crippen molar-refractivity contribution in [3.63, 3.8) is 0 Å². The van der Waals surface area contributed by atoms with E-state index >= 15 is 0 Å². The Morgan fingerprint density at radius 1 is 0.963 bits per heavy atom. The highest BCUT2D eigenvalue weighted by molar-refractivity contribution is 7.89. The second-order valence-electron chi connectivity index (χ2n) is 6.04. The summed E-state index contributed by atoms with van der Waals surface area (Å²) in [5, 5.41) is 0. The summed E-state index contributed by atoms with van der Waals surface area (Å²) >= 11 is 0. The SMILES string of the molecule is COc1cc(/C=C/C(C)NS(=O)(=O)c2ccc(C)cc2)cc(OC)c1OC. The van der Waals surface area contributed by atoms with E-state index in [1.54, 1.807) is 69.7 Å². The Morgan fingerprint density at radius 2 is 1.52 bits per heavy atom. The first kappa shape index (κ1) is 20.8. The molecular formula is C20H25NO5S. The Bertz CT molecular complexity index is 879. The number of hydrogen-bond donors (Lipinski definition) is 1. The van der Waals surface area contributed by atoms with Gasteiger partial charge in [0.1, 0.15) is 0 Å². The maximum atomic E-state index is 12.4. The van der Waals surface area contributed by atoms with Gasteiger partial charge < -0.3 is 14.2 Å². The van der Waals surface area contributed by atoms with Gasteiger partial charge in [0.2, 0.25) is 15.8 Å². The fourth-order valence-corrected chi connectivity index (χ4v) is 3.72. The predicted octanol–water partition coefficient (Wildman–Crippen LogP) is 3.40. The zero-order valence-corrected chi connectivity index (χ0v) is 17.0. The summed E-state index contributed by atoms with van der Waals surface area (Å²) in [7, 11) is 1.04. The van der Waals surface area contributed by atoms with Crippen LogP contribution in [0.3, 0.4) is 0 Å². The molecular weight excluding hydrogens is 366 g/mol. The topological polar surface area (TPSA) is 73.9 Å². The molecule has 0 fully saturated rings. The van der Waals surface area contributed by atoms with Crippen LogP contribution in [0.2, 0.25) is 0 Å². The van der Waals surface area contributed by atoms with Gasteiger partial charge in [0.05, 0.1) is 26.2 Å². The van der Waals surface area contributed by atoms with Gasteiger partial charge in [-0.05, 0) is 43.7 Å². The van der Waals surface area contributed by atoms with E-state index in [0.29, 0.717) is 17.2 Å². The van der Waals surface area contributed by atoms with Gasteiger partial charge in [0.25, 0.3) is 0 Å². The van der Waals surface area contributed by atoms with Gasteiger partial charge in [-0.15, -0.1) is 0 Å². The van der Waals surface area contributed by atoms with Crippen molar-refractivity contribution in [2.75, 3.05) is 21.3 Å². The third-order valence-corrected chi connectivity index (χ3v) is 5.51. The van der Waals surface area contributed by atoms with E-state index in [1.165, 1.54) is 7.11 Å². The van der Waals surface area contributed by atoms with Gasteiger partial charge in [-0.25, -0.2) is 13.1 Å². The molecule has 0 saturated carbocycles. The van der Waals surface area contributed by atoms with E-state index in [0.717, 1.165) is 11.1 Å². The van der Waals surface area contributed by atoms with Crippen LogP contribution in [-0.4, -0.2) is 35.8 Å². The van der Waals surface area contributed by atoms with E-state index < -0.39 is 16.1 Å². The molecule has 0 amide bonds. The molecule has 2 aromatic rings. The largest absolute Gasteiger partial charge is 0.493 e. The van der Waals surface area contributed by atoms with Crippen LogP contribution in [0, 0.1) is 6.92 Å². The van der Waals surface area contributed by atoms with E-state index in [9.17, 15) is 8.42 Å². The third kappa shape index (κ3) is 5.24. The van der Waals surface area contributed by atoms with Gasteiger partial charge in [-0.1, -0.05) is 29.8 Å². The van der Waals surface area contributed by atoms with Crippen LogP contribution in [0.25, 0.3) is 6.08 Å². The predicted molar refractivity (Wildman–Crippen MR) is 106 cm³/mol. The molecule has 1 unspecified atom stereocenters. The second kappa shape index (κ2) is 8.92. The van der Waals surface area contributed by atoms with Crippen molar-refractivity contribution in [3.8, 4) is 17.2 Å². The van der Waals surface area contributed by atoms with Crippen molar-refractivity contribution in [1.29, 1.82) is 0 Å². The maximum Gasteiger partial charge on any atom is 0.241 e. The quantitative estimate of drug-likeness (QED) is 0.747. The molecule has 6 nitrogen and oxygen atoms in total. The Labute approximate surface area is 160 Å². The molecule has 0 aliphatic carbocycles. The number of nitrogens with one attached hydrogen (secondary N) is 1. The van der Waals surface area contributed by atoms with Gasteiger partial charge in [0.15, 0.2) is 11.5 Å². The number of ether oxygens (including phenoxy) is 3. The summed E-state index contributed by atoms with van der Waals surface area (Å²) in [6.45, 7) is 3.67. The van der Waals surface area contributed by atoms with Crippen LogP contribution in [-0.2, 0) is 10.0 Å². The standard InChI is InChI=1S/C20H25NO5S/c1-14-6-10-17(11-7-14)27(22,23)21-15(2)8-9-16-12-18(24-3)20(26-5)19(13-16)25-4/h6-13,15,21H,1-5H3/b9-8+. The molecule has 0 spiro atoms. The van der Waals surface area contributed by atoms with E-state index in [4.69, 9.17) is 14.2 Å². The Hall–Kier alpha value is -2.51. The molecule has 27 heavy (non-hydrogen) atoms. The van der Waals surface area contributed by atoms with Gasteiger partial charge in [-0.3, -0.25) is 0 Å². The van der Waals surface area contributed by atoms with Crippen molar-refractivity contribution in [2.24, 2.45) is 0 Å². The molecule has 0 aliphatic rings. The lowest BCUT2D eigenvalue weighted by molar-refractivity contribution is 0.324. The smallest absolute Gasteiger partial charge is 0.241 e. The molecule has 2 rings (SSSR count). The summed E-state index contributed by atoms with van der Waals surface area (Å²) in [4.78, 5) is 0.237. The van der Waals surface area contributed by atoms with Gasteiger partial charge >= 0.3 is 0 Å². The van der Waals surface area contributed by atoms with Crippen LogP contribution < -0.4 is 18.9 Å². The average molecular weight is 391 g/mol. The molecule has 0 radical (unpaired) electrons. The van der Waals surface area contributed by atoms with Gasteiger partial charge in [-0.2, -0.15) is 0 Å². The molecule has 0 heterocycles. The number of sulfonamides is 1. The fourth-order valence-electron chi connectivity index (χ4n) is 2.52. The maximum absolute atomic E-state index is 12.4. The van der Waals surface area contributed by atoms with Crippen LogP contribution in [0.15, 0.2) is 47.4 Å². The average Bonchev–Trinajstić information content (AvgIpc) is 2.65. The minimum absolute atomic E-state index is 0.237. The highest BCUT2D eigenvalue weighted by atomic mass is 32.2. The normalized spacial score (nSPS) is 12.8. The summed E-state index contributed by atoms with van der Waals surface area (Å²) in [5.74, 6) is 1.57. The highest BCUT2D eigenvalue weighted by Gasteiger charge is 2.16. The molecule has 7 heteroatoms. The number of hydrogen-bond acceptors (Lipinski definition) is 5. The number of benzene rings is 2. The lowest BCUT2D eigenvalue weighted by Gasteiger charge is -2.13. The first-order chi connectivity index (χ1) is 12.8. The van der Waals surface area contributed by atoms with Crippen LogP contribution >= 0.6 is 0 Å². The minimum atomic E-state index is -3.59. The first-order valence-electron chi connectivity index (χ1n) is 8.38. The van der Waals surface area contributed by atoms with Crippen molar-refractivity contribution < 1.29 is 22.6 Å². The summed E-state index contributed by atoms with van der Waals surface area (Å²) in [6.07, 6.45) is 3.55. The molecule has 1 atom stereocenters. The summed E-state index contributed by atoms with van der Waals surface area (Å²) in [5.41, 5.74) is 1.80. The van der Waals surface area contributed by atoms with Gasteiger partial charge in [0, 0.05) is 6.04 Å². The Morgan fingerprint density at radius 3 is 2.00 bits per heavy atom. The van der Waals surface area contributed by atoms with Crippen molar-refractivity contribution in [2.45, 2.75) is 24.8 Å². The first-order valence-corrected chi connectivity index (χ1v) is 9.86. The lowest BCUT2D eigenvalue weighted by Crippen LogP contribution is -2.31. The molecule has 0 bridgehead atoms. The molecule has 1 N–H and O–H groups in total. The van der Waals surface area contributed by atoms with E-state index in [-0.39, 0.29) is 4.90 Å². The zero-order valence-electron chi connectivity index (χ0n) is 16.1. The molecule has 0 saturated heterocycles.